The second-order valence-corrected chi connectivity index (χ2v) is 5.08. The van der Waals surface area contributed by atoms with Gasteiger partial charge in [-0.15, -0.1) is 0 Å². The second kappa shape index (κ2) is 7.52. The molecule has 1 aromatic rings. The van der Waals surface area contributed by atoms with E-state index in [1.807, 2.05) is 12.1 Å². The van der Waals surface area contributed by atoms with Crippen LogP contribution in [0.3, 0.4) is 0 Å². The zero-order chi connectivity index (χ0) is 15.2. The van der Waals surface area contributed by atoms with E-state index >= 15 is 0 Å². The number of nitrogens with one attached hydrogen (secondary N) is 1. The zero-order valence-corrected chi connectivity index (χ0v) is 13.3. The van der Waals surface area contributed by atoms with Crippen LogP contribution in [-0.2, 0) is 4.74 Å². The zero-order valence-electron chi connectivity index (χ0n) is 13.3. The summed E-state index contributed by atoms with van der Waals surface area (Å²) < 4.78 is 22.0. The Hall–Kier alpha value is -1.46. The van der Waals surface area contributed by atoms with Crippen molar-refractivity contribution >= 4 is 0 Å². The van der Waals surface area contributed by atoms with E-state index < -0.39 is 0 Å². The molecule has 1 aliphatic rings. The third-order valence-electron chi connectivity index (χ3n) is 3.93. The van der Waals surface area contributed by atoms with Gasteiger partial charge in [-0.3, -0.25) is 0 Å². The highest BCUT2D eigenvalue weighted by Gasteiger charge is 2.30. The topological polar surface area (TPSA) is 49.0 Å². The molecule has 0 aromatic heterocycles. The summed E-state index contributed by atoms with van der Waals surface area (Å²) in [6.07, 6.45) is 1.05. The van der Waals surface area contributed by atoms with Gasteiger partial charge in [0.1, 0.15) is 0 Å². The van der Waals surface area contributed by atoms with Crippen molar-refractivity contribution in [1.82, 2.24) is 5.32 Å². The molecule has 118 valence electrons. The molecule has 2 atom stereocenters. The molecule has 1 N–H and O–H groups in total. The Morgan fingerprint density at radius 1 is 1.19 bits per heavy atom. The van der Waals surface area contributed by atoms with Crippen LogP contribution in [0.25, 0.3) is 0 Å². The summed E-state index contributed by atoms with van der Waals surface area (Å²) in [5.41, 5.74) is 1.09. The molecular formula is C16H25NO4. The third-order valence-corrected chi connectivity index (χ3v) is 3.93. The summed E-state index contributed by atoms with van der Waals surface area (Å²) >= 11 is 0. The minimum atomic E-state index is 0.187. The van der Waals surface area contributed by atoms with Crippen molar-refractivity contribution < 1.29 is 18.9 Å². The molecule has 1 fully saturated rings. The lowest BCUT2D eigenvalue weighted by atomic mass is 9.91. The molecule has 0 radical (unpaired) electrons. The quantitative estimate of drug-likeness (QED) is 0.837. The van der Waals surface area contributed by atoms with Crippen LogP contribution < -0.4 is 19.5 Å². The molecule has 0 saturated carbocycles. The fourth-order valence-electron chi connectivity index (χ4n) is 2.94. The van der Waals surface area contributed by atoms with Crippen LogP contribution in [0.4, 0.5) is 0 Å². The SMILES string of the molecule is CCNC(c1ccc(OC)c(OC)c1OC)C1CCOC1. The fourth-order valence-corrected chi connectivity index (χ4v) is 2.94. The van der Waals surface area contributed by atoms with Crippen molar-refractivity contribution in [2.24, 2.45) is 5.92 Å². The Morgan fingerprint density at radius 2 is 1.95 bits per heavy atom. The normalized spacial score (nSPS) is 19.3. The van der Waals surface area contributed by atoms with Gasteiger partial charge in [0.25, 0.3) is 0 Å². The maximum absolute atomic E-state index is 5.61. The minimum absolute atomic E-state index is 0.187. The van der Waals surface area contributed by atoms with Gasteiger partial charge in [0.05, 0.1) is 27.9 Å². The molecule has 0 spiro atoms. The number of hydrogen-bond donors (Lipinski definition) is 1. The predicted octanol–water partition coefficient (Wildman–Crippen LogP) is 2.40. The Kier molecular flexibility index (Phi) is 5.70. The third kappa shape index (κ3) is 3.24. The molecule has 0 bridgehead atoms. The van der Waals surface area contributed by atoms with Gasteiger partial charge in [0.2, 0.25) is 5.75 Å². The average molecular weight is 295 g/mol. The van der Waals surface area contributed by atoms with Crippen LogP contribution in [0.1, 0.15) is 24.9 Å². The standard InChI is InChI=1S/C16H25NO4/c1-5-17-14(11-8-9-21-10-11)12-6-7-13(18-2)16(20-4)15(12)19-3/h6-7,11,14,17H,5,8-10H2,1-4H3. The molecule has 5 heteroatoms. The molecule has 21 heavy (non-hydrogen) atoms. The molecule has 1 saturated heterocycles. The van der Waals surface area contributed by atoms with Crippen molar-refractivity contribution in [2.45, 2.75) is 19.4 Å². The maximum atomic E-state index is 5.61. The molecule has 2 rings (SSSR count). The lowest BCUT2D eigenvalue weighted by Gasteiger charge is -2.26. The first-order valence-corrected chi connectivity index (χ1v) is 7.36. The Balaban J connectivity index is 2.43. The number of ether oxygens (including phenoxy) is 4. The molecule has 1 heterocycles. The highest BCUT2D eigenvalue weighted by molar-refractivity contribution is 5.56. The maximum Gasteiger partial charge on any atom is 0.203 e. The van der Waals surface area contributed by atoms with Gasteiger partial charge in [-0.25, -0.2) is 0 Å². The summed E-state index contributed by atoms with van der Waals surface area (Å²) in [5, 5.41) is 3.55. The monoisotopic (exact) mass is 295 g/mol. The number of methoxy groups -OCH3 is 3. The molecule has 1 aromatic carbocycles. The first-order chi connectivity index (χ1) is 10.3. The van der Waals surface area contributed by atoms with Gasteiger partial charge in [-0.1, -0.05) is 6.92 Å². The van der Waals surface area contributed by atoms with Gasteiger partial charge >= 0.3 is 0 Å². The number of rotatable bonds is 7. The summed E-state index contributed by atoms with van der Waals surface area (Å²) in [7, 11) is 4.92. The van der Waals surface area contributed by atoms with Gasteiger partial charge in [0, 0.05) is 24.1 Å². The number of hydrogen-bond acceptors (Lipinski definition) is 5. The summed E-state index contributed by atoms with van der Waals surface area (Å²) in [5.74, 6) is 2.49. The van der Waals surface area contributed by atoms with Crippen molar-refractivity contribution in [2.75, 3.05) is 41.1 Å². The van der Waals surface area contributed by atoms with E-state index in [-0.39, 0.29) is 6.04 Å². The van der Waals surface area contributed by atoms with Crippen LogP contribution in [0.2, 0.25) is 0 Å². The summed E-state index contributed by atoms with van der Waals surface area (Å²) in [4.78, 5) is 0. The Labute approximate surface area is 126 Å². The van der Waals surface area contributed by atoms with Crippen molar-refractivity contribution in [3.05, 3.63) is 17.7 Å². The first kappa shape index (κ1) is 15.9. The van der Waals surface area contributed by atoms with E-state index in [0.29, 0.717) is 17.4 Å². The minimum Gasteiger partial charge on any atom is -0.493 e. The van der Waals surface area contributed by atoms with Crippen LogP contribution in [0.5, 0.6) is 17.2 Å². The van der Waals surface area contributed by atoms with Gasteiger partial charge < -0.3 is 24.3 Å². The largest absolute Gasteiger partial charge is 0.493 e. The van der Waals surface area contributed by atoms with Gasteiger partial charge in [-0.2, -0.15) is 0 Å². The van der Waals surface area contributed by atoms with E-state index in [2.05, 4.69) is 12.2 Å². The van der Waals surface area contributed by atoms with Crippen LogP contribution in [0.15, 0.2) is 12.1 Å². The van der Waals surface area contributed by atoms with E-state index in [1.54, 1.807) is 21.3 Å². The molecule has 0 amide bonds. The van der Waals surface area contributed by atoms with E-state index in [9.17, 15) is 0 Å². The lowest BCUT2D eigenvalue weighted by Crippen LogP contribution is -2.29. The van der Waals surface area contributed by atoms with Gasteiger partial charge in [-0.05, 0) is 25.1 Å². The fraction of sp³-hybridized carbons (Fsp3) is 0.625. The molecule has 1 aliphatic heterocycles. The summed E-state index contributed by atoms with van der Waals surface area (Å²) in [6, 6.07) is 4.16. The second-order valence-electron chi connectivity index (χ2n) is 5.08. The molecule has 5 nitrogen and oxygen atoms in total. The van der Waals surface area contributed by atoms with E-state index in [4.69, 9.17) is 18.9 Å². The lowest BCUT2D eigenvalue weighted by molar-refractivity contribution is 0.176. The summed E-state index contributed by atoms with van der Waals surface area (Å²) in [6.45, 7) is 4.59. The van der Waals surface area contributed by atoms with E-state index in [0.717, 1.165) is 37.5 Å². The van der Waals surface area contributed by atoms with E-state index in [1.165, 1.54) is 0 Å². The molecule has 2 unspecified atom stereocenters. The van der Waals surface area contributed by atoms with Crippen LogP contribution in [-0.4, -0.2) is 41.1 Å². The van der Waals surface area contributed by atoms with Crippen molar-refractivity contribution in [1.29, 1.82) is 0 Å². The van der Waals surface area contributed by atoms with Crippen LogP contribution >= 0.6 is 0 Å². The Morgan fingerprint density at radius 3 is 2.48 bits per heavy atom. The first-order valence-electron chi connectivity index (χ1n) is 7.36. The van der Waals surface area contributed by atoms with Gasteiger partial charge in [0.15, 0.2) is 11.5 Å². The molecular weight excluding hydrogens is 270 g/mol. The smallest absolute Gasteiger partial charge is 0.203 e. The highest BCUT2D eigenvalue weighted by Crippen LogP contribution is 2.44. The molecule has 0 aliphatic carbocycles. The number of benzene rings is 1. The van der Waals surface area contributed by atoms with Crippen LogP contribution in [0, 0.1) is 5.92 Å². The highest BCUT2D eigenvalue weighted by atomic mass is 16.5. The Bertz CT molecular complexity index is 458. The predicted molar refractivity (Wildman–Crippen MR) is 81.4 cm³/mol. The van der Waals surface area contributed by atoms with Crippen molar-refractivity contribution in [3.63, 3.8) is 0 Å². The average Bonchev–Trinajstić information content (AvgIpc) is 3.05. The van der Waals surface area contributed by atoms with Crippen molar-refractivity contribution in [3.8, 4) is 17.2 Å².